The average Bonchev–Trinajstić information content (AvgIpc) is 2.82. The molecule has 0 bridgehead atoms. The van der Waals surface area contributed by atoms with E-state index in [9.17, 15) is 34.6 Å². The van der Waals surface area contributed by atoms with Crippen molar-refractivity contribution in [1.29, 1.82) is 0 Å². The molecule has 2 aromatic rings. The number of amides is 2. The van der Waals surface area contributed by atoms with Crippen LogP contribution in [0.3, 0.4) is 0 Å². The Morgan fingerprint density at radius 1 is 0.970 bits per heavy atom. The fraction of sp³-hybridized carbons (Fsp3) is 0.286. The average molecular weight is 454 g/mol. The number of non-ortho nitro benzene ring substituents is 2. The second kappa shape index (κ2) is 8.65. The lowest BCUT2D eigenvalue weighted by atomic mass is 9.88. The van der Waals surface area contributed by atoms with Gasteiger partial charge in [0.05, 0.1) is 27.2 Å². The van der Waals surface area contributed by atoms with Crippen molar-refractivity contribution >= 4 is 34.7 Å². The summed E-state index contributed by atoms with van der Waals surface area (Å²) in [7, 11) is 0. The molecule has 0 aromatic heterocycles. The summed E-state index contributed by atoms with van der Waals surface area (Å²) in [5.74, 6) is -0.873. The molecule has 170 valence electrons. The van der Waals surface area contributed by atoms with Gasteiger partial charge in [-0.2, -0.15) is 0 Å². The number of carbonyl (C=O) groups excluding carboxylic acids is 3. The molecule has 1 saturated heterocycles. The van der Waals surface area contributed by atoms with Crippen LogP contribution in [0.2, 0.25) is 0 Å². The van der Waals surface area contributed by atoms with Gasteiger partial charge in [-0.15, -0.1) is 0 Å². The zero-order valence-electron chi connectivity index (χ0n) is 17.2. The molecule has 2 heterocycles. The van der Waals surface area contributed by atoms with Crippen molar-refractivity contribution in [3.63, 3.8) is 0 Å². The maximum atomic E-state index is 12.9. The molecule has 12 heteroatoms. The molecule has 2 aliphatic rings. The van der Waals surface area contributed by atoms with Gasteiger partial charge in [-0.1, -0.05) is 0 Å². The number of ketones is 1. The van der Waals surface area contributed by atoms with Crippen LogP contribution in [-0.4, -0.2) is 52.0 Å². The zero-order valence-corrected chi connectivity index (χ0v) is 17.2. The summed E-state index contributed by atoms with van der Waals surface area (Å²) >= 11 is 0. The lowest BCUT2D eigenvalue weighted by Crippen LogP contribution is -2.40. The lowest BCUT2D eigenvalue weighted by molar-refractivity contribution is -0.394. The topological polar surface area (TPSA) is 162 Å². The molecule has 0 radical (unpaired) electrons. The van der Waals surface area contributed by atoms with Crippen LogP contribution in [0.15, 0.2) is 36.4 Å². The normalized spacial score (nSPS) is 15.8. The molecule has 33 heavy (non-hydrogen) atoms. The van der Waals surface area contributed by atoms with E-state index in [0.29, 0.717) is 29.8 Å². The van der Waals surface area contributed by atoms with Crippen LogP contribution in [0.5, 0.6) is 5.75 Å². The van der Waals surface area contributed by atoms with Crippen molar-refractivity contribution in [1.82, 2.24) is 4.90 Å². The number of benzene rings is 2. The Kier molecular flexibility index (Phi) is 5.73. The van der Waals surface area contributed by atoms with E-state index >= 15 is 0 Å². The van der Waals surface area contributed by atoms with E-state index in [1.54, 1.807) is 18.2 Å². The zero-order chi connectivity index (χ0) is 23.7. The van der Waals surface area contributed by atoms with Crippen molar-refractivity contribution in [3.8, 4) is 5.75 Å². The summed E-state index contributed by atoms with van der Waals surface area (Å²) in [5.41, 5.74) is -0.385. The third-order valence-corrected chi connectivity index (χ3v) is 5.62. The van der Waals surface area contributed by atoms with E-state index < -0.39 is 27.1 Å². The second-order valence-corrected chi connectivity index (χ2v) is 7.73. The molecule has 0 spiro atoms. The Labute approximate surface area is 186 Å². The van der Waals surface area contributed by atoms with Crippen LogP contribution < -0.4 is 10.1 Å². The van der Waals surface area contributed by atoms with Crippen molar-refractivity contribution in [2.45, 2.75) is 12.8 Å². The molecule has 0 aliphatic carbocycles. The van der Waals surface area contributed by atoms with Gasteiger partial charge in [0.1, 0.15) is 5.75 Å². The Bertz CT molecular complexity index is 1150. The standard InChI is InChI=1S/C21H18N4O8/c26-19-11-33-18-2-1-13(9-17(18)22-19)20(27)12-3-5-23(6-4-12)21(28)14-7-15(24(29)30)10-16(8-14)25(31)32/h1-2,7-10,12H,3-6,11H2,(H,22,26). The van der Waals surface area contributed by atoms with E-state index in [-0.39, 0.29) is 42.9 Å². The van der Waals surface area contributed by atoms with Crippen molar-refractivity contribution in [2.75, 3.05) is 25.0 Å². The largest absolute Gasteiger partial charge is 0.482 e. The number of Topliss-reactive ketones (excluding diaryl/α,β-unsaturated/α-hetero) is 1. The molecular weight excluding hydrogens is 436 g/mol. The van der Waals surface area contributed by atoms with Gasteiger partial charge in [-0.3, -0.25) is 34.6 Å². The number of carbonyl (C=O) groups is 3. The number of piperidine rings is 1. The highest BCUT2D eigenvalue weighted by molar-refractivity contribution is 6.02. The third kappa shape index (κ3) is 4.49. The summed E-state index contributed by atoms with van der Waals surface area (Å²) in [6.07, 6.45) is 0.725. The van der Waals surface area contributed by atoms with Gasteiger partial charge in [-0.25, -0.2) is 0 Å². The van der Waals surface area contributed by atoms with Gasteiger partial charge in [-0.05, 0) is 31.0 Å². The number of fused-ring (bicyclic) bond motifs is 1. The molecule has 1 N–H and O–H groups in total. The molecular formula is C21H18N4O8. The van der Waals surface area contributed by atoms with E-state index in [0.717, 1.165) is 18.2 Å². The van der Waals surface area contributed by atoms with Crippen molar-refractivity contribution in [2.24, 2.45) is 5.92 Å². The number of nitro groups is 2. The van der Waals surface area contributed by atoms with Gasteiger partial charge in [0.25, 0.3) is 23.2 Å². The van der Waals surface area contributed by atoms with Gasteiger partial charge >= 0.3 is 0 Å². The Hall–Kier alpha value is -4.35. The maximum absolute atomic E-state index is 12.9. The molecule has 4 rings (SSSR count). The summed E-state index contributed by atoms with van der Waals surface area (Å²) in [6.45, 7) is 0.355. The molecule has 2 amide bonds. The van der Waals surface area contributed by atoms with Gasteiger partial charge in [0.15, 0.2) is 12.4 Å². The van der Waals surface area contributed by atoms with E-state index in [1.165, 1.54) is 4.90 Å². The highest BCUT2D eigenvalue weighted by atomic mass is 16.6. The Morgan fingerprint density at radius 3 is 2.21 bits per heavy atom. The lowest BCUT2D eigenvalue weighted by Gasteiger charge is -2.31. The van der Waals surface area contributed by atoms with Gasteiger partial charge < -0.3 is 15.0 Å². The van der Waals surface area contributed by atoms with Crippen molar-refractivity contribution < 1.29 is 29.0 Å². The van der Waals surface area contributed by atoms with Crippen LogP contribution in [0.25, 0.3) is 0 Å². The first kappa shape index (κ1) is 21.9. The predicted octanol–water partition coefficient (Wildman–Crippen LogP) is 2.57. The minimum atomic E-state index is -0.791. The van der Waals surface area contributed by atoms with E-state index in [2.05, 4.69) is 5.32 Å². The Morgan fingerprint density at radius 2 is 1.61 bits per heavy atom. The predicted molar refractivity (Wildman–Crippen MR) is 113 cm³/mol. The quantitative estimate of drug-likeness (QED) is 0.409. The number of hydrogen-bond acceptors (Lipinski definition) is 8. The molecule has 1 fully saturated rings. The fourth-order valence-corrected chi connectivity index (χ4v) is 3.93. The first-order valence-electron chi connectivity index (χ1n) is 10.1. The van der Waals surface area contributed by atoms with Crippen LogP contribution in [-0.2, 0) is 4.79 Å². The van der Waals surface area contributed by atoms with Gasteiger partial charge in [0.2, 0.25) is 0 Å². The van der Waals surface area contributed by atoms with Crippen LogP contribution in [0, 0.1) is 26.1 Å². The number of ether oxygens (including phenoxy) is 1. The van der Waals surface area contributed by atoms with E-state index in [4.69, 9.17) is 4.74 Å². The van der Waals surface area contributed by atoms with Crippen LogP contribution >= 0.6 is 0 Å². The second-order valence-electron chi connectivity index (χ2n) is 7.73. The monoisotopic (exact) mass is 454 g/mol. The Balaban J connectivity index is 1.45. The number of nitrogens with zero attached hydrogens (tertiary/aromatic N) is 3. The number of rotatable bonds is 5. The SMILES string of the molecule is O=C1COc2ccc(C(=O)C3CCN(C(=O)c4cc([N+](=O)[O-])cc([N+](=O)[O-])c4)CC3)cc2N1. The number of nitrogens with one attached hydrogen (secondary N) is 1. The number of hydrogen-bond donors (Lipinski definition) is 1. The summed E-state index contributed by atoms with van der Waals surface area (Å²) in [4.78, 5) is 59.3. The van der Waals surface area contributed by atoms with Crippen LogP contribution in [0.1, 0.15) is 33.6 Å². The number of likely N-dealkylation sites (tertiary alicyclic amines) is 1. The minimum Gasteiger partial charge on any atom is -0.482 e. The molecule has 0 unspecified atom stereocenters. The van der Waals surface area contributed by atoms with Crippen molar-refractivity contribution in [3.05, 3.63) is 67.8 Å². The first-order valence-corrected chi connectivity index (χ1v) is 10.1. The third-order valence-electron chi connectivity index (χ3n) is 5.62. The minimum absolute atomic E-state index is 0.0828. The van der Waals surface area contributed by atoms with Gasteiger partial charge in [0, 0.05) is 36.7 Å². The van der Waals surface area contributed by atoms with Crippen LogP contribution in [0.4, 0.5) is 17.1 Å². The number of anilines is 1. The number of nitro benzene ring substituents is 2. The maximum Gasteiger partial charge on any atom is 0.277 e. The molecule has 2 aromatic carbocycles. The molecule has 0 saturated carbocycles. The summed E-state index contributed by atoms with van der Waals surface area (Å²) in [5, 5.41) is 24.8. The smallest absolute Gasteiger partial charge is 0.277 e. The summed E-state index contributed by atoms with van der Waals surface area (Å²) in [6, 6.07) is 7.63. The summed E-state index contributed by atoms with van der Waals surface area (Å²) < 4.78 is 5.29. The fourth-order valence-electron chi connectivity index (χ4n) is 3.93. The first-order chi connectivity index (χ1) is 15.7. The highest BCUT2D eigenvalue weighted by Crippen LogP contribution is 2.31. The highest BCUT2D eigenvalue weighted by Gasteiger charge is 2.30. The molecule has 0 atom stereocenters. The van der Waals surface area contributed by atoms with E-state index in [1.807, 2.05) is 0 Å². The molecule has 2 aliphatic heterocycles. The molecule has 12 nitrogen and oxygen atoms in total.